The van der Waals surface area contributed by atoms with Crippen LogP contribution in [-0.2, 0) is 34.5 Å². The van der Waals surface area contributed by atoms with Crippen molar-refractivity contribution in [2.45, 2.75) is 37.5 Å². The van der Waals surface area contributed by atoms with Gasteiger partial charge in [0.25, 0.3) is 0 Å². The third-order valence-electron chi connectivity index (χ3n) is 5.93. The monoisotopic (exact) mass is 475 g/mol. The van der Waals surface area contributed by atoms with Crippen molar-refractivity contribution >= 4 is 11.6 Å². The molecule has 3 nitrogen and oxygen atoms in total. The van der Waals surface area contributed by atoms with Crippen molar-refractivity contribution < 1.29 is 22.6 Å². The van der Waals surface area contributed by atoms with E-state index in [1.807, 2.05) is 54.6 Å². The molecule has 7 heteroatoms. The third kappa shape index (κ3) is 5.76. The fourth-order valence-electron chi connectivity index (χ4n) is 4.11. The summed E-state index contributed by atoms with van der Waals surface area (Å²) < 4.78 is 51.5. The first-order valence-corrected chi connectivity index (χ1v) is 11.2. The van der Waals surface area contributed by atoms with Crippen LogP contribution in [0.4, 0.5) is 13.2 Å². The summed E-state index contributed by atoms with van der Waals surface area (Å²) in [6, 6.07) is 22.5. The summed E-state index contributed by atoms with van der Waals surface area (Å²) in [5, 5.41) is 3.99. The SMILES string of the molecule is FC(F)(F)c1ccc(COC2CNCCC2(OCc2ccccc2)c2ccc(Cl)cc2)cc1. The van der Waals surface area contributed by atoms with Crippen LogP contribution in [0.3, 0.4) is 0 Å². The van der Waals surface area contributed by atoms with E-state index in [9.17, 15) is 13.2 Å². The largest absolute Gasteiger partial charge is 0.416 e. The minimum atomic E-state index is -4.36. The number of rotatable bonds is 7. The molecule has 2 atom stereocenters. The van der Waals surface area contributed by atoms with E-state index in [-0.39, 0.29) is 12.7 Å². The molecule has 4 rings (SSSR count). The molecule has 174 valence electrons. The molecule has 3 aromatic carbocycles. The van der Waals surface area contributed by atoms with Gasteiger partial charge in [0.05, 0.1) is 18.8 Å². The van der Waals surface area contributed by atoms with Crippen molar-refractivity contribution in [3.63, 3.8) is 0 Å². The lowest BCUT2D eigenvalue weighted by atomic mass is 9.82. The van der Waals surface area contributed by atoms with E-state index in [2.05, 4.69) is 5.32 Å². The molecular weight excluding hydrogens is 451 g/mol. The zero-order chi connectivity index (χ0) is 23.3. The lowest BCUT2D eigenvalue weighted by Crippen LogP contribution is -2.54. The molecule has 0 aromatic heterocycles. The smallest absolute Gasteiger partial charge is 0.369 e. The minimum Gasteiger partial charge on any atom is -0.369 e. The van der Waals surface area contributed by atoms with Gasteiger partial charge in [-0.1, -0.05) is 66.2 Å². The number of alkyl halides is 3. The highest BCUT2D eigenvalue weighted by Gasteiger charge is 2.44. The average molecular weight is 476 g/mol. The Kier molecular flexibility index (Phi) is 7.39. The summed E-state index contributed by atoms with van der Waals surface area (Å²) in [5.41, 5.74) is 1.28. The molecule has 2 unspecified atom stereocenters. The number of benzene rings is 3. The summed E-state index contributed by atoms with van der Waals surface area (Å²) in [4.78, 5) is 0. The number of piperidine rings is 1. The molecular formula is C26H25ClF3NO2. The molecule has 1 heterocycles. The molecule has 1 aliphatic rings. The Morgan fingerprint density at radius 2 is 1.55 bits per heavy atom. The quantitative estimate of drug-likeness (QED) is 0.432. The molecule has 33 heavy (non-hydrogen) atoms. The molecule has 0 amide bonds. The highest BCUT2D eigenvalue weighted by atomic mass is 35.5. The highest BCUT2D eigenvalue weighted by molar-refractivity contribution is 6.30. The van der Waals surface area contributed by atoms with Crippen molar-refractivity contribution in [2.24, 2.45) is 0 Å². The van der Waals surface area contributed by atoms with Gasteiger partial charge in [-0.3, -0.25) is 0 Å². The van der Waals surface area contributed by atoms with Crippen LogP contribution in [0, 0.1) is 0 Å². The van der Waals surface area contributed by atoms with Crippen LogP contribution in [0.1, 0.15) is 28.7 Å². The predicted molar refractivity (Wildman–Crippen MR) is 122 cm³/mol. The van der Waals surface area contributed by atoms with Crippen molar-refractivity contribution in [1.29, 1.82) is 0 Å². The molecule has 1 aliphatic heterocycles. The van der Waals surface area contributed by atoms with E-state index < -0.39 is 17.3 Å². The van der Waals surface area contributed by atoms with Gasteiger partial charge >= 0.3 is 6.18 Å². The van der Waals surface area contributed by atoms with Crippen LogP contribution < -0.4 is 5.32 Å². The molecule has 3 aromatic rings. The Balaban J connectivity index is 1.57. The maximum Gasteiger partial charge on any atom is 0.416 e. The fraction of sp³-hybridized carbons (Fsp3) is 0.308. The summed E-state index contributed by atoms with van der Waals surface area (Å²) in [7, 11) is 0. The van der Waals surface area contributed by atoms with Crippen molar-refractivity contribution in [1.82, 2.24) is 5.32 Å². The second kappa shape index (κ2) is 10.3. The lowest BCUT2D eigenvalue weighted by molar-refractivity contribution is -0.176. The van der Waals surface area contributed by atoms with E-state index in [1.54, 1.807) is 0 Å². The van der Waals surface area contributed by atoms with E-state index in [0.717, 1.165) is 29.8 Å². The number of nitrogens with one attached hydrogen (secondary N) is 1. The molecule has 1 saturated heterocycles. The molecule has 0 radical (unpaired) electrons. The minimum absolute atomic E-state index is 0.175. The first kappa shape index (κ1) is 23.8. The topological polar surface area (TPSA) is 30.5 Å². The fourth-order valence-corrected chi connectivity index (χ4v) is 4.24. The zero-order valence-electron chi connectivity index (χ0n) is 17.9. The standard InChI is InChI=1S/C26H25ClF3NO2/c27-23-12-10-21(11-13-23)25(33-18-19-4-2-1-3-5-19)14-15-31-16-24(25)32-17-20-6-8-22(9-7-20)26(28,29)30/h1-13,24,31H,14-18H2. The molecule has 1 N–H and O–H groups in total. The summed E-state index contributed by atoms with van der Waals surface area (Å²) in [6.45, 7) is 1.88. The molecule has 0 saturated carbocycles. The molecule has 1 fully saturated rings. The van der Waals surface area contributed by atoms with E-state index in [0.29, 0.717) is 30.2 Å². The van der Waals surface area contributed by atoms with Crippen LogP contribution in [-0.4, -0.2) is 19.2 Å². The second-order valence-electron chi connectivity index (χ2n) is 8.12. The Morgan fingerprint density at radius 1 is 0.879 bits per heavy atom. The van der Waals surface area contributed by atoms with Crippen LogP contribution in [0.15, 0.2) is 78.9 Å². The van der Waals surface area contributed by atoms with Gasteiger partial charge in [0.15, 0.2) is 0 Å². The van der Waals surface area contributed by atoms with Crippen molar-refractivity contribution in [2.75, 3.05) is 13.1 Å². The average Bonchev–Trinajstić information content (AvgIpc) is 2.83. The predicted octanol–water partition coefficient (Wildman–Crippen LogP) is 6.35. The summed E-state index contributed by atoms with van der Waals surface area (Å²) >= 11 is 6.13. The number of hydrogen-bond donors (Lipinski definition) is 1. The van der Waals surface area contributed by atoms with E-state index in [4.69, 9.17) is 21.1 Å². The zero-order valence-corrected chi connectivity index (χ0v) is 18.7. The Bertz CT molecular complexity index is 1030. The molecule has 0 spiro atoms. The lowest BCUT2D eigenvalue weighted by Gasteiger charge is -2.44. The van der Waals surface area contributed by atoms with Gasteiger partial charge in [-0.05, 0) is 53.9 Å². The Labute approximate surface area is 196 Å². The van der Waals surface area contributed by atoms with Gasteiger partial charge in [-0.2, -0.15) is 13.2 Å². The number of hydrogen-bond acceptors (Lipinski definition) is 3. The molecule has 0 bridgehead atoms. The Morgan fingerprint density at radius 3 is 2.21 bits per heavy atom. The van der Waals surface area contributed by atoms with Crippen molar-refractivity contribution in [3.8, 4) is 0 Å². The first-order valence-electron chi connectivity index (χ1n) is 10.8. The first-order chi connectivity index (χ1) is 15.9. The van der Waals surface area contributed by atoms with E-state index in [1.165, 1.54) is 12.1 Å². The van der Waals surface area contributed by atoms with Gasteiger partial charge in [0.2, 0.25) is 0 Å². The van der Waals surface area contributed by atoms with Gasteiger partial charge in [-0.25, -0.2) is 0 Å². The van der Waals surface area contributed by atoms with Gasteiger partial charge < -0.3 is 14.8 Å². The normalized spacial score (nSPS) is 21.2. The molecule has 0 aliphatic carbocycles. The third-order valence-corrected chi connectivity index (χ3v) is 6.18. The number of halogens is 4. The summed E-state index contributed by atoms with van der Waals surface area (Å²) in [5.74, 6) is 0. The van der Waals surface area contributed by atoms with Crippen LogP contribution >= 0.6 is 11.6 Å². The van der Waals surface area contributed by atoms with E-state index >= 15 is 0 Å². The van der Waals surface area contributed by atoms with Crippen LogP contribution in [0.25, 0.3) is 0 Å². The van der Waals surface area contributed by atoms with Crippen LogP contribution in [0.5, 0.6) is 0 Å². The van der Waals surface area contributed by atoms with Gasteiger partial charge in [-0.15, -0.1) is 0 Å². The summed E-state index contributed by atoms with van der Waals surface area (Å²) in [6.07, 6.45) is -4.03. The number of ether oxygens (including phenoxy) is 2. The highest BCUT2D eigenvalue weighted by Crippen LogP contribution is 2.39. The Hall–Kier alpha value is -2.38. The van der Waals surface area contributed by atoms with Gasteiger partial charge in [0, 0.05) is 11.6 Å². The van der Waals surface area contributed by atoms with Crippen molar-refractivity contribution in [3.05, 3.63) is 106 Å². The van der Waals surface area contributed by atoms with Crippen LogP contribution in [0.2, 0.25) is 5.02 Å². The maximum absolute atomic E-state index is 12.9. The van der Waals surface area contributed by atoms with Gasteiger partial charge in [0.1, 0.15) is 11.7 Å². The second-order valence-corrected chi connectivity index (χ2v) is 8.56. The maximum atomic E-state index is 12.9.